The van der Waals surface area contributed by atoms with Gasteiger partial charge < -0.3 is 18.9 Å². The van der Waals surface area contributed by atoms with Crippen molar-refractivity contribution in [2.24, 2.45) is 35.5 Å². The van der Waals surface area contributed by atoms with Gasteiger partial charge in [-0.3, -0.25) is 0 Å². The second-order valence-corrected chi connectivity index (χ2v) is 9.48. The lowest BCUT2D eigenvalue weighted by Gasteiger charge is -2.28. The molecule has 0 bridgehead atoms. The number of hydrogen-bond acceptors (Lipinski definition) is 4. The molecule has 0 N–H and O–H groups in total. The van der Waals surface area contributed by atoms with Crippen LogP contribution < -0.4 is 0 Å². The molecule has 8 atom stereocenters. The summed E-state index contributed by atoms with van der Waals surface area (Å²) in [6.45, 7) is 20.9. The molecule has 0 amide bonds. The lowest BCUT2D eigenvalue weighted by molar-refractivity contribution is -0.220. The van der Waals surface area contributed by atoms with Gasteiger partial charge in [-0.15, -0.1) is 26.3 Å². The van der Waals surface area contributed by atoms with Crippen molar-refractivity contribution in [2.45, 2.75) is 72.7 Å². The zero-order valence-corrected chi connectivity index (χ0v) is 20.5. The molecule has 4 heteroatoms. The van der Waals surface area contributed by atoms with Crippen molar-refractivity contribution >= 4 is 0 Å². The molecule has 198 valence electrons. The van der Waals surface area contributed by atoms with Crippen LogP contribution in [0.15, 0.2) is 50.6 Å². The van der Waals surface area contributed by atoms with E-state index in [-0.39, 0.29) is 27.2 Å². The second kappa shape index (κ2) is 18.1. The number of methoxy groups -OCH3 is 1. The highest BCUT2D eigenvalue weighted by molar-refractivity contribution is 4.98. The van der Waals surface area contributed by atoms with Crippen molar-refractivity contribution in [1.82, 2.24) is 0 Å². The summed E-state index contributed by atoms with van der Waals surface area (Å²) in [5.74, 6) is 3.66. The first-order valence-corrected chi connectivity index (χ1v) is 12.4. The van der Waals surface area contributed by atoms with Crippen LogP contribution in [-0.2, 0) is 18.9 Å². The van der Waals surface area contributed by atoms with E-state index in [9.17, 15) is 0 Å². The van der Waals surface area contributed by atoms with Crippen LogP contribution >= 0.6 is 0 Å². The predicted molar refractivity (Wildman–Crippen MR) is 146 cm³/mol. The van der Waals surface area contributed by atoms with Crippen LogP contribution in [0.1, 0.15) is 60.3 Å². The van der Waals surface area contributed by atoms with Gasteiger partial charge >= 0.3 is 0 Å². The summed E-state index contributed by atoms with van der Waals surface area (Å²) in [5, 5.41) is 0. The van der Waals surface area contributed by atoms with Crippen molar-refractivity contribution in [2.75, 3.05) is 33.5 Å². The molecule has 34 heavy (non-hydrogen) atoms. The normalized spacial score (nSPS) is 32.6. The Labute approximate surface area is 211 Å². The molecule has 0 aromatic rings. The smallest absolute Gasteiger partial charge is 0.159 e. The van der Waals surface area contributed by atoms with E-state index < -0.39 is 0 Å². The summed E-state index contributed by atoms with van der Waals surface area (Å²) < 4.78 is 22.0. The van der Waals surface area contributed by atoms with Gasteiger partial charge in [-0.25, -0.2) is 0 Å². The fourth-order valence-corrected chi connectivity index (χ4v) is 5.03. The van der Waals surface area contributed by atoms with Crippen molar-refractivity contribution in [3.05, 3.63) is 50.6 Å². The van der Waals surface area contributed by atoms with E-state index in [4.69, 9.17) is 18.9 Å². The summed E-state index contributed by atoms with van der Waals surface area (Å²) >= 11 is 0. The molecular formula is C30H54O4. The van der Waals surface area contributed by atoms with Gasteiger partial charge in [0, 0.05) is 13.5 Å². The Bertz CT molecular complexity index is 566. The SMILES string of the molecule is C.C.C=CC1CC(C=C)C(COC2CCO2)C1.C=CC1CC(C=C)C(COCC(CC)OC)C1. The predicted octanol–water partition coefficient (Wildman–Crippen LogP) is 7.48. The first-order chi connectivity index (χ1) is 15.6. The van der Waals surface area contributed by atoms with E-state index in [1.807, 2.05) is 0 Å². The van der Waals surface area contributed by atoms with Gasteiger partial charge in [0.25, 0.3) is 0 Å². The lowest BCUT2D eigenvalue weighted by atomic mass is 9.97. The number of rotatable bonds is 13. The van der Waals surface area contributed by atoms with Crippen LogP contribution in [0.4, 0.5) is 0 Å². The molecule has 3 fully saturated rings. The average molecular weight is 479 g/mol. The van der Waals surface area contributed by atoms with E-state index in [1.54, 1.807) is 7.11 Å². The largest absolute Gasteiger partial charge is 0.379 e. The molecule has 0 spiro atoms. The van der Waals surface area contributed by atoms with Gasteiger partial charge in [-0.05, 0) is 67.6 Å². The van der Waals surface area contributed by atoms with Gasteiger partial charge in [0.1, 0.15) is 0 Å². The monoisotopic (exact) mass is 478 g/mol. The zero-order valence-electron chi connectivity index (χ0n) is 20.5. The summed E-state index contributed by atoms with van der Waals surface area (Å²) in [4.78, 5) is 0. The maximum Gasteiger partial charge on any atom is 0.159 e. The molecule has 8 unspecified atom stereocenters. The Hall–Kier alpha value is -1.20. The minimum Gasteiger partial charge on any atom is -0.379 e. The third-order valence-corrected chi connectivity index (χ3v) is 7.42. The molecule has 1 heterocycles. The summed E-state index contributed by atoms with van der Waals surface area (Å²) in [6, 6.07) is 0. The highest BCUT2D eigenvalue weighted by Crippen LogP contribution is 2.39. The quantitative estimate of drug-likeness (QED) is 0.257. The van der Waals surface area contributed by atoms with E-state index in [0.717, 1.165) is 32.7 Å². The van der Waals surface area contributed by atoms with Crippen LogP contribution in [0, 0.1) is 35.5 Å². The van der Waals surface area contributed by atoms with Crippen LogP contribution in [0.2, 0.25) is 0 Å². The molecule has 2 aliphatic carbocycles. The highest BCUT2D eigenvalue weighted by atomic mass is 16.7. The van der Waals surface area contributed by atoms with Crippen molar-refractivity contribution < 1.29 is 18.9 Å². The minimum absolute atomic E-state index is 0. The first-order valence-electron chi connectivity index (χ1n) is 12.4. The Balaban J connectivity index is 0.000000608. The maximum absolute atomic E-state index is 5.78. The molecule has 0 aromatic heterocycles. The summed E-state index contributed by atoms with van der Waals surface area (Å²) in [5.41, 5.74) is 0. The number of allylic oxidation sites excluding steroid dienone is 4. The maximum atomic E-state index is 5.78. The van der Waals surface area contributed by atoms with Gasteiger partial charge in [-0.1, -0.05) is 46.1 Å². The van der Waals surface area contributed by atoms with Crippen molar-refractivity contribution in [1.29, 1.82) is 0 Å². The van der Waals surface area contributed by atoms with Crippen molar-refractivity contribution in [3.8, 4) is 0 Å². The molecule has 0 radical (unpaired) electrons. The molecular weight excluding hydrogens is 424 g/mol. The first kappa shape index (κ1) is 32.8. The number of ether oxygens (including phenoxy) is 4. The van der Waals surface area contributed by atoms with Crippen LogP contribution in [0.5, 0.6) is 0 Å². The van der Waals surface area contributed by atoms with Gasteiger partial charge in [0.2, 0.25) is 0 Å². The molecule has 1 aliphatic heterocycles. The van der Waals surface area contributed by atoms with E-state index in [0.29, 0.717) is 42.1 Å². The van der Waals surface area contributed by atoms with E-state index in [1.165, 1.54) is 25.7 Å². The van der Waals surface area contributed by atoms with Gasteiger partial charge in [0.15, 0.2) is 6.29 Å². The van der Waals surface area contributed by atoms with Crippen LogP contribution in [0.3, 0.4) is 0 Å². The minimum atomic E-state index is 0. The van der Waals surface area contributed by atoms with E-state index >= 15 is 0 Å². The highest BCUT2D eigenvalue weighted by Gasteiger charge is 2.32. The van der Waals surface area contributed by atoms with E-state index in [2.05, 4.69) is 57.5 Å². The molecule has 3 rings (SSSR count). The summed E-state index contributed by atoms with van der Waals surface area (Å²) in [7, 11) is 1.74. The topological polar surface area (TPSA) is 36.9 Å². The Morgan fingerprint density at radius 2 is 1.38 bits per heavy atom. The van der Waals surface area contributed by atoms with Crippen LogP contribution in [0.25, 0.3) is 0 Å². The molecule has 2 saturated carbocycles. The summed E-state index contributed by atoms with van der Waals surface area (Å²) in [6.07, 6.45) is 15.4. The number of hydrogen-bond donors (Lipinski definition) is 0. The molecule has 0 aromatic carbocycles. The average Bonchev–Trinajstić information content (AvgIpc) is 3.39. The fraction of sp³-hybridized carbons (Fsp3) is 0.733. The Morgan fingerprint density at radius 1 is 0.853 bits per heavy atom. The third-order valence-electron chi connectivity index (χ3n) is 7.42. The Kier molecular flexibility index (Phi) is 17.5. The molecule has 4 nitrogen and oxygen atoms in total. The second-order valence-electron chi connectivity index (χ2n) is 9.48. The Morgan fingerprint density at radius 3 is 1.76 bits per heavy atom. The molecule has 3 aliphatic rings. The van der Waals surface area contributed by atoms with Crippen LogP contribution in [-0.4, -0.2) is 45.9 Å². The van der Waals surface area contributed by atoms with Gasteiger partial charge in [0.05, 0.1) is 32.5 Å². The standard InChI is InChI=1S/C15H26O2.C13H20O2.2CH4/c1-5-12-8-13(6-2)14(9-12)10-17-11-15(7-3)16-4;1-3-10-7-11(4-2)12(8-10)9-15-13-5-6-14-13;;/h5-6,12-15H,1-2,7-11H2,3-4H3;3-4,10-13H,1-2,5-9H2;2*1H4. The van der Waals surface area contributed by atoms with Gasteiger partial charge in [-0.2, -0.15) is 0 Å². The lowest BCUT2D eigenvalue weighted by Crippen LogP contribution is -2.31. The third kappa shape index (κ3) is 10.2. The fourth-order valence-electron chi connectivity index (χ4n) is 5.03. The van der Waals surface area contributed by atoms with Crippen molar-refractivity contribution in [3.63, 3.8) is 0 Å². The zero-order chi connectivity index (χ0) is 23.3. The molecule has 1 saturated heterocycles.